The zero-order valence-electron chi connectivity index (χ0n) is 2.79. The Labute approximate surface area is 79.0 Å². The van der Waals surface area contributed by atoms with E-state index in [0.29, 0.717) is 0 Å². The average molecular weight is 295 g/mol. The molecule has 0 saturated heterocycles. The first-order chi connectivity index (χ1) is 0. The van der Waals surface area contributed by atoms with Gasteiger partial charge in [-0.2, -0.15) is 0 Å². The molecule has 0 aromatic rings. The van der Waals surface area contributed by atoms with Crippen LogP contribution in [0.5, 0.6) is 0 Å². The smallest absolute Gasteiger partial charge is 1.00 e. The van der Waals surface area contributed by atoms with Gasteiger partial charge < -0.3 is 1.43 Å². The minimum atomic E-state index is 0. The van der Waals surface area contributed by atoms with Crippen LogP contribution >= 0.6 is 0 Å². The maximum atomic E-state index is 0. The molecule has 0 fully saturated rings. The second-order valence-corrected chi connectivity index (χ2v) is 0. The summed E-state index contributed by atoms with van der Waals surface area (Å²) in [5, 5.41) is 0. The third-order valence-electron chi connectivity index (χ3n) is 0. The van der Waals surface area contributed by atoms with Crippen LogP contribution in [0.15, 0.2) is 0 Å². The summed E-state index contributed by atoms with van der Waals surface area (Å²) in [6.07, 6.45) is 0. The molecule has 0 aromatic heterocycles. The van der Waals surface area contributed by atoms with Crippen LogP contribution in [-0.4, -0.2) is 11.0 Å². The van der Waals surface area contributed by atoms with Gasteiger partial charge in [-0.1, -0.05) is 0 Å². The topological polar surface area (TPSA) is 0 Å². The molecule has 0 heterocycles. The molecule has 0 aliphatic rings. The fourth-order valence-corrected chi connectivity index (χ4v) is 0. The van der Waals surface area contributed by atoms with Gasteiger partial charge in [0.1, 0.15) is 0 Å². The molecule has 0 bridgehead atoms. The van der Waals surface area contributed by atoms with Gasteiger partial charge in [-0.15, -0.1) is 0 Å². The molecule has 0 atom stereocenters. The molecule has 1 radical (unpaired) electrons. The summed E-state index contributed by atoms with van der Waals surface area (Å²) < 4.78 is 0. The number of rotatable bonds is 0. The molecule has 0 aliphatic heterocycles. The van der Waals surface area contributed by atoms with Crippen LogP contribution < -0.4 is 29.6 Å². The molecule has 4 heteroatoms. The quantitative estimate of drug-likeness (QED) is 0.396. The zero-order chi connectivity index (χ0) is 0. The van der Waals surface area contributed by atoms with Crippen molar-refractivity contribution >= 4 is 11.0 Å². The minimum absolute atomic E-state index is 0. The molecule has 0 unspecified atom stereocenters. The molecule has 0 rings (SSSR count). The van der Waals surface area contributed by atoms with Crippen LogP contribution in [0.3, 0.4) is 0 Å². The molecule has 0 amide bonds. The molecule has 0 saturated carbocycles. The van der Waals surface area contributed by atoms with Gasteiger partial charge in [-0.05, 0) is 11.0 Å². The first-order valence-electron chi connectivity index (χ1n) is 0. The van der Waals surface area contributed by atoms with Gasteiger partial charge >= 0.3 is 29.6 Å². The molecular formula is H5MnNaSiW. The molecule has 0 aliphatic carbocycles. The summed E-state index contributed by atoms with van der Waals surface area (Å²) in [6.45, 7) is 0. The maximum absolute atomic E-state index is 0. The second kappa shape index (κ2) is 18.1. The number of hydrogen-bond acceptors (Lipinski definition) is 0. The third kappa shape index (κ3) is 8.83. The summed E-state index contributed by atoms with van der Waals surface area (Å²) in [6, 6.07) is 0. The normalized spacial score (nSPS) is 0. The maximum Gasteiger partial charge on any atom is 1.00 e. The predicted octanol–water partition coefficient (Wildman–Crippen LogP) is -4.34. The Kier molecular flexibility index (Phi) is 145. The van der Waals surface area contributed by atoms with Gasteiger partial charge in [0.15, 0.2) is 0 Å². The fraction of sp³-hybridized carbons (Fsp3) is 0. The third-order valence-corrected chi connectivity index (χ3v) is 0. The van der Waals surface area contributed by atoms with Crippen LogP contribution in [-0.2, 0) is 38.1 Å². The predicted molar refractivity (Wildman–Crippen MR) is 12.4 cm³/mol. The fourth-order valence-electron chi connectivity index (χ4n) is 0. The Morgan fingerprint density at radius 3 is 1.25 bits per heavy atom. The van der Waals surface area contributed by atoms with E-state index in [9.17, 15) is 0 Å². The summed E-state index contributed by atoms with van der Waals surface area (Å²) in [4.78, 5) is 0. The Morgan fingerprint density at radius 2 is 1.25 bits per heavy atom. The first-order valence-corrected chi connectivity index (χ1v) is 0. The number of hydrogen-bond donors (Lipinski definition) is 0. The second-order valence-electron chi connectivity index (χ2n) is 0. The van der Waals surface area contributed by atoms with Crippen molar-refractivity contribution < 1.29 is 69.1 Å². The van der Waals surface area contributed by atoms with Gasteiger partial charge in [-0.3, -0.25) is 0 Å². The van der Waals surface area contributed by atoms with Crippen molar-refractivity contribution in [2.45, 2.75) is 0 Å². The van der Waals surface area contributed by atoms with E-state index >= 15 is 0 Å². The molecular weight excluding hydrogens is 290 g/mol. The Bertz CT molecular complexity index is 11.6. The largest absolute Gasteiger partial charge is 1.00 e. The first kappa shape index (κ1) is 32.2. The van der Waals surface area contributed by atoms with Gasteiger partial charge in [0.25, 0.3) is 0 Å². The van der Waals surface area contributed by atoms with Gasteiger partial charge in [0.05, 0.1) is 0 Å². The van der Waals surface area contributed by atoms with Crippen molar-refractivity contribution in [1.82, 2.24) is 0 Å². The van der Waals surface area contributed by atoms with E-state index in [1.165, 1.54) is 0 Å². The van der Waals surface area contributed by atoms with Crippen molar-refractivity contribution in [2.24, 2.45) is 0 Å². The van der Waals surface area contributed by atoms with Crippen LogP contribution in [0, 0.1) is 0 Å². The van der Waals surface area contributed by atoms with Gasteiger partial charge in [0, 0.05) is 38.1 Å². The van der Waals surface area contributed by atoms with E-state index in [0.717, 1.165) is 0 Å². The summed E-state index contributed by atoms with van der Waals surface area (Å²) >= 11 is 0. The van der Waals surface area contributed by atoms with Crippen molar-refractivity contribution in [3.05, 3.63) is 0 Å². The summed E-state index contributed by atoms with van der Waals surface area (Å²) in [7, 11) is 0. The Morgan fingerprint density at radius 1 is 1.25 bits per heavy atom. The zero-order valence-corrected chi connectivity index (χ0v) is 7.90. The monoisotopic (exact) mass is 295 g/mol. The van der Waals surface area contributed by atoms with Crippen molar-refractivity contribution in [1.29, 1.82) is 0 Å². The van der Waals surface area contributed by atoms with Crippen LogP contribution in [0.25, 0.3) is 0 Å². The molecule has 0 N–H and O–H groups in total. The van der Waals surface area contributed by atoms with E-state index in [2.05, 4.69) is 0 Å². The molecule has 0 spiro atoms. The summed E-state index contributed by atoms with van der Waals surface area (Å²) in [5.74, 6) is 0. The van der Waals surface area contributed by atoms with E-state index in [1.54, 1.807) is 0 Å². The van der Waals surface area contributed by atoms with Crippen molar-refractivity contribution in [3.63, 3.8) is 0 Å². The van der Waals surface area contributed by atoms with Gasteiger partial charge in [-0.25, -0.2) is 0 Å². The van der Waals surface area contributed by atoms with Crippen LogP contribution in [0.4, 0.5) is 0 Å². The van der Waals surface area contributed by atoms with Gasteiger partial charge in [0.2, 0.25) is 0 Å². The molecule has 4 heavy (non-hydrogen) atoms. The van der Waals surface area contributed by atoms with Crippen molar-refractivity contribution in [3.8, 4) is 0 Å². The molecule has 0 aromatic carbocycles. The van der Waals surface area contributed by atoms with Crippen molar-refractivity contribution in [2.75, 3.05) is 0 Å². The van der Waals surface area contributed by atoms with Crippen LogP contribution in [0.1, 0.15) is 1.43 Å². The Balaban J connectivity index is 0. The standard InChI is InChI=1S/Mn.Na.H4Si.W.H/h;;1H4;;/q;+1;;;-1. The average Bonchev–Trinajstić information content (AvgIpc) is 0. The van der Waals surface area contributed by atoms with E-state index in [1.807, 2.05) is 0 Å². The minimum Gasteiger partial charge on any atom is -1.00 e. The molecule has 23 valence electrons. The van der Waals surface area contributed by atoms with E-state index in [4.69, 9.17) is 0 Å². The Hall–Kier alpha value is 2.42. The van der Waals surface area contributed by atoms with E-state index in [-0.39, 0.29) is 80.1 Å². The van der Waals surface area contributed by atoms with E-state index < -0.39 is 0 Å². The molecule has 0 nitrogen and oxygen atoms in total. The summed E-state index contributed by atoms with van der Waals surface area (Å²) in [5.41, 5.74) is 0. The SMILES string of the molecule is [H-].[Mn].[Na+].[SiH4].[W]. The van der Waals surface area contributed by atoms with Crippen LogP contribution in [0.2, 0.25) is 0 Å².